The fourth-order valence-electron chi connectivity index (χ4n) is 1.78. The van der Waals surface area contributed by atoms with Gasteiger partial charge in [0.15, 0.2) is 5.65 Å². The van der Waals surface area contributed by atoms with Gasteiger partial charge in [0.1, 0.15) is 11.8 Å². The van der Waals surface area contributed by atoms with Gasteiger partial charge in [-0.25, -0.2) is 9.50 Å². The first kappa shape index (κ1) is 9.55. The predicted octanol–water partition coefficient (Wildman–Crippen LogP) is 2.27. The maximum atomic E-state index is 8.96. The van der Waals surface area contributed by atoms with E-state index in [2.05, 4.69) is 16.2 Å². The first-order chi connectivity index (χ1) is 8.38. The molecule has 2 aromatic heterocycles. The monoisotopic (exact) mass is 220 g/mol. The smallest absolute Gasteiger partial charge is 0.157 e. The molecule has 4 heteroatoms. The summed E-state index contributed by atoms with van der Waals surface area (Å²) in [5.41, 5.74) is 2.97. The van der Waals surface area contributed by atoms with Crippen molar-refractivity contribution >= 4 is 5.65 Å². The van der Waals surface area contributed by atoms with Crippen molar-refractivity contribution in [2.75, 3.05) is 0 Å². The van der Waals surface area contributed by atoms with Crippen molar-refractivity contribution in [3.63, 3.8) is 0 Å². The molecule has 0 unspecified atom stereocenters. The molecule has 0 saturated carbocycles. The Bertz CT molecular complexity index is 707. The van der Waals surface area contributed by atoms with Crippen LogP contribution in [0, 0.1) is 11.3 Å². The normalized spacial score (nSPS) is 10.3. The number of nitrogens with zero attached hydrogens (tertiary/aromatic N) is 4. The van der Waals surface area contributed by atoms with Gasteiger partial charge in [0.2, 0.25) is 0 Å². The second-order valence-corrected chi connectivity index (χ2v) is 3.61. The number of aromatic nitrogens is 3. The molecule has 0 saturated heterocycles. The molecule has 2 heterocycles. The Labute approximate surface area is 97.8 Å². The number of hydrogen-bond donors (Lipinski definition) is 0. The zero-order valence-electron chi connectivity index (χ0n) is 8.91. The highest BCUT2D eigenvalue weighted by molar-refractivity contribution is 5.63. The number of nitriles is 1. The molecular weight excluding hydrogens is 212 g/mol. The molecule has 0 atom stereocenters. The Hall–Kier alpha value is -2.67. The molecule has 17 heavy (non-hydrogen) atoms. The summed E-state index contributed by atoms with van der Waals surface area (Å²) in [5.74, 6) is 0. The van der Waals surface area contributed by atoms with Crippen LogP contribution in [0.3, 0.4) is 0 Å². The summed E-state index contributed by atoms with van der Waals surface area (Å²) in [6, 6.07) is 15.4. The lowest BCUT2D eigenvalue weighted by molar-refractivity contribution is 0.944. The maximum Gasteiger partial charge on any atom is 0.157 e. The molecule has 3 rings (SSSR count). The van der Waals surface area contributed by atoms with E-state index >= 15 is 0 Å². The summed E-state index contributed by atoms with van der Waals surface area (Å²) >= 11 is 0. The molecule has 0 N–H and O–H groups in total. The summed E-state index contributed by atoms with van der Waals surface area (Å²) in [6.07, 6.45) is 1.68. The van der Waals surface area contributed by atoms with Crippen molar-refractivity contribution in [3.8, 4) is 17.3 Å². The van der Waals surface area contributed by atoms with Crippen LogP contribution in [0.4, 0.5) is 0 Å². The Morgan fingerprint density at radius 1 is 1.12 bits per heavy atom. The summed E-state index contributed by atoms with van der Waals surface area (Å²) < 4.78 is 1.73. The minimum absolute atomic E-state index is 0.400. The molecule has 3 aromatic rings. The highest BCUT2D eigenvalue weighted by Crippen LogP contribution is 2.20. The lowest BCUT2D eigenvalue weighted by Crippen LogP contribution is -1.98. The third-order valence-corrected chi connectivity index (χ3v) is 2.54. The van der Waals surface area contributed by atoms with Crippen molar-refractivity contribution < 1.29 is 0 Å². The number of fused-ring (bicyclic) bond motifs is 1. The van der Waals surface area contributed by atoms with Gasteiger partial charge >= 0.3 is 0 Å². The van der Waals surface area contributed by atoms with Gasteiger partial charge in [-0.2, -0.15) is 10.4 Å². The first-order valence-electron chi connectivity index (χ1n) is 5.19. The van der Waals surface area contributed by atoms with Crippen LogP contribution < -0.4 is 0 Å². The van der Waals surface area contributed by atoms with Crippen molar-refractivity contribution in [1.82, 2.24) is 14.6 Å². The third kappa shape index (κ3) is 1.54. The van der Waals surface area contributed by atoms with Gasteiger partial charge in [0.05, 0.1) is 11.9 Å². The quantitative estimate of drug-likeness (QED) is 0.632. The summed E-state index contributed by atoms with van der Waals surface area (Å²) in [7, 11) is 0. The van der Waals surface area contributed by atoms with Crippen LogP contribution in [-0.2, 0) is 0 Å². The highest BCUT2D eigenvalue weighted by atomic mass is 15.2. The van der Waals surface area contributed by atoms with Gasteiger partial charge in [-0.15, -0.1) is 0 Å². The van der Waals surface area contributed by atoms with Gasteiger partial charge in [-0.1, -0.05) is 30.3 Å². The van der Waals surface area contributed by atoms with E-state index < -0.39 is 0 Å². The molecule has 0 radical (unpaired) electrons. The molecule has 0 aliphatic carbocycles. The Morgan fingerprint density at radius 3 is 2.71 bits per heavy atom. The standard InChI is InChI=1S/C13H8N4/c14-9-11-8-12(10-4-2-1-3-5-10)17-13(16-11)6-7-15-17/h1-8H. The highest BCUT2D eigenvalue weighted by Gasteiger charge is 2.07. The van der Waals surface area contributed by atoms with E-state index in [4.69, 9.17) is 5.26 Å². The van der Waals surface area contributed by atoms with Crippen LogP contribution in [0.25, 0.3) is 16.9 Å². The van der Waals surface area contributed by atoms with Crippen LogP contribution >= 0.6 is 0 Å². The van der Waals surface area contributed by atoms with Gasteiger partial charge in [-0.3, -0.25) is 0 Å². The minimum Gasteiger partial charge on any atom is -0.218 e. The fourth-order valence-corrected chi connectivity index (χ4v) is 1.78. The molecule has 0 fully saturated rings. The van der Waals surface area contributed by atoms with E-state index in [-0.39, 0.29) is 0 Å². The average Bonchev–Trinajstić information content (AvgIpc) is 2.86. The van der Waals surface area contributed by atoms with Crippen molar-refractivity contribution in [1.29, 1.82) is 5.26 Å². The third-order valence-electron chi connectivity index (χ3n) is 2.54. The summed E-state index contributed by atoms with van der Waals surface area (Å²) in [4.78, 5) is 4.18. The minimum atomic E-state index is 0.400. The van der Waals surface area contributed by atoms with Crippen molar-refractivity contribution in [2.24, 2.45) is 0 Å². The molecule has 0 aliphatic rings. The molecular formula is C13H8N4. The SMILES string of the molecule is N#Cc1cc(-c2ccccc2)n2nccc2n1. The van der Waals surface area contributed by atoms with Crippen LogP contribution in [0.5, 0.6) is 0 Å². The Morgan fingerprint density at radius 2 is 1.94 bits per heavy atom. The molecule has 0 amide bonds. The molecule has 0 aliphatic heterocycles. The van der Waals surface area contributed by atoms with Gasteiger partial charge < -0.3 is 0 Å². The molecule has 80 valence electrons. The molecule has 1 aromatic carbocycles. The van der Waals surface area contributed by atoms with Gasteiger partial charge in [0, 0.05) is 17.7 Å². The fraction of sp³-hybridized carbons (Fsp3) is 0. The average molecular weight is 220 g/mol. The van der Waals surface area contributed by atoms with E-state index in [9.17, 15) is 0 Å². The Balaban J connectivity index is 2.35. The largest absolute Gasteiger partial charge is 0.218 e. The van der Waals surface area contributed by atoms with Crippen molar-refractivity contribution in [2.45, 2.75) is 0 Å². The van der Waals surface area contributed by atoms with E-state index in [1.807, 2.05) is 30.3 Å². The zero-order valence-corrected chi connectivity index (χ0v) is 8.91. The van der Waals surface area contributed by atoms with E-state index in [0.29, 0.717) is 11.3 Å². The maximum absolute atomic E-state index is 8.96. The van der Waals surface area contributed by atoms with Crippen molar-refractivity contribution in [3.05, 3.63) is 54.4 Å². The predicted molar refractivity (Wildman–Crippen MR) is 63.1 cm³/mol. The zero-order chi connectivity index (χ0) is 11.7. The van der Waals surface area contributed by atoms with Crippen LogP contribution in [0.15, 0.2) is 48.7 Å². The second-order valence-electron chi connectivity index (χ2n) is 3.61. The summed E-state index contributed by atoms with van der Waals surface area (Å²) in [5, 5.41) is 13.2. The Kier molecular flexibility index (Phi) is 2.09. The number of benzene rings is 1. The first-order valence-corrected chi connectivity index (χ1v) is 5.19. The topological polar surface area (TPSA) is 54.0 Å². The van der Waals surface area contributed by atoms with E-state index in [1.165, 1.54) is 0 Å². The van der Waals surface area contributed by atoms with Crippen LogP contribution in [0.1, 0.15) is 5.69 Å². The second kappa shape index (κ2) is 3.72. The lowest BCUT2D eigenvalue weighted by Gasteiger charge is -2.04. The van der Waals surface area contributed by atoms with Crippen LogP contribution in [-0.4, -0.2) is 14.6 Å². The number of hydrogen-bond acceptors (Lipinski definition) is 3. The lowest BCUT2D eigenvalue weighted by atomic mass is 10.1. The number of rotatable bonds is 1. The summed E-state index contributed by atoms with van der Waals surface area (Å²) in [6.45, 7) is 0. The van der Waals surface area contributed by atoms with Gasteiger partial charge in [0.25, 0.3) is 0 Å². The van der Waals surface area contributed by atoms with E-state index in [0.717, 1.165) is 11.3 Å². The molecule has 0 bridgehead atoms. The molecule has 4 nitrogen and oxygen atoms in total. The van der Waals surface area contributed by atoms with E-state index in [1.54, 1.807) is 22.8 Å². The van der Waals surface area contributed by atoms with Gasteiger partial charge in [-0.05, 0) is 0 Å². The van der Waals surface area contributed by atoms with Crippen LogP contribution in [0.2, 0.25) is 0 Å². The molecule has 0 spiro atoms.